The van der Waals surface area contributed by atoms with Crippen molar-refractivity contribution >= 4 is 0 Å². The second-order valence-electron chi connectivity index (χ2n) is 7.83. The molecule has 0 aromatic heterocycles. The Hall–Kier alpha value is -0.120. The standard InChI is InChI=1S/C21H46NO2/c1-3-4-5-6-7-8-9-10-11-12-13-14-15-16-17-22(2,18-20-23)19-21-24/h23-24H,3-21H2,1-2H3/q+1. The number of hydrogen-bond acceptors (Lipinski definition) is 2. The first-order chi connectivity index (χ1) is 11.7. The Morgan fingerprint density at radius 2 is 0.833 bits per heavy atom. The Bertz CT molecular complexity index is 240. The molecule has 0 aliphatic rings. The molecular weight excluding hydrogens is 298 g/mol. The number of nitrogens with zero attached hydrogens (tertiary/aromatic N) is 1. The molecule has 0 radical (unpaired) electrons. The Morgan fingerprint density at radius 3 is 1.17 bits per heavy atom. The molecule has 3 heteroatoms. The van der Waals surface area contributed by atoms with Crippen LogP contribution in [0.4, 0.5) is 0 Å². The van der Waals surface area contributed by atoms with Crippen molar-refractivity contribution in [1.29, 1.82) is 0 Å². The van der Waals surface area contributed by atoms with Crippen LogP contribution < -0.4 is 0 Å². The maximum Gasteiger partial charge on any atom is 0.102 e. The monoisotopic (exact) mass is 344 g/mol. The number of aliphatic hydroxyl groups excluding tert-OH is 2. The van der Waals surface area contributed by atoms with Crippen molar-refractivity contribution in [2.24, 2.45) is 0 Å². The molecule has 0 rings (SSSR count). The van der Waals surface area contributed by atoms with Crippen LogP contribution in [0.3, 0.4) is 0 Å². The largest absolute Gasteiger partial charge is 0.391 e. The van der Waals surface area contributed by atoms with E-state index in [4.69, 9.17) is 10.2 Å². The fourth-order valence-electron chi connectivity index (χ4n) is 3.51. The van der Waals surface area contributed by atoms with Crippen LogP contribution in [0.15, 0.2) is 0 Å². The zero-order valence-corrected chi connectivity index (χ0v) is 16.8. The summed E-state index contributed by atoms with van der Waals surface area (Å²) >= 11 is 0. The Balaban J connectivity index is 3.30. The zero-order chi connectivity index (χ0) is 17.9. The van der Waals surface area contributed by atoms with Crippen molar-refractivity contribution in [3.8, 4) is 0 Å². The topological polar surface area (TPSA) is 40.5 Å². The van der Waals surface area contributed by atoms with Crippen LogP contribution in [0.5, 0.6) is 0 Å². The number of hydrogen-bond donors (Lipinski definition) is 2. The highest BCUT2D eigenvalue weighted by Crippen LogP contribution is 2.13. The summed E-state index contributed by atoms with van der Waals surface area (Å²) in [7, 11) is 2.15. The van der Waals surface area contributed by atoms with Gasteiger partial charge in [-0.3, -0.25) is 0 Å². The van der Waals surface area contributed by atoms with Gasteiger partial charge in [0.15, 0.2) is 0 Å². The molecule has 0 heterocycles. The fourth-order valence-corrected chi connectivity index (χ4v) is 3.51. The van der Waals surface area contributed by atoms with Gasteiger partial charge in [0.2, 0.25) is 0 Å². The molecule has 146 valence electrons. The third-order valence-electron chi connectivity index (χ3n) is 5.33. The van der Waals surface area contributed by atoms with E-state index >= 15 is 0 Å². The average molecular weight is 345 g/mol. The van der Waals surface area contributed by atoms with Crippen molar-refractivity contribution in [3.05, 3.63) is 0 Å². The Kier molecular flexibility index (Phi) is 17.6. The van der Waals surface area contributed by atoms with Crippen LogP contribution in [-0.4, -0.2) is 54.6 Å². The average Bonchev–Trinajstić information content (AvgIpc) is 2.55. The summed E-state index contributed by atoms with van der Waals surface area (Å²) in [5, 5.41) is 18.3. The van der Waals surface area contributed by atoms with Crippen LogP contribution >= 0.6 is 0 Å². The SMILES string of the molecule is CCCCCCCCCCCCCCCC[N+](C)(CCO)CCO. The molecule has 24 heavy (non-hydrogen) atoms. The van der Waals surface area contributed by atoms with Crippen LogP contribution in [0.2, 0.25) is 0 Å². The van der Waals surface area contributed by atoms with Crippen molar-refractivity contribution < 1.29 is 14.7 Å². The third kappa shape index (κ3) is 15.4. The molecule has 0 amide bonds. The van der Waals surface area contributed by atoms with Gasteiger partial charge in [0.25, 0.3) is 0 Å². The predicted molar refractivity (Wildman–Crippen MR) is 105 cm³/mol. The smallest absolute Gasteiger partial charge is 0.102 e. The minimum atomic E-state index is 0.217. The van der Waals surface area contributed by atoms with E-state index in [1.807, 2.05) is 0 Å². The summed E-state index contributed by atoms with van der Waals surface area (Å²) in [5.41, 5.74) is 0. The first-order valence-electron chi connectivity index (χ1n) is 10.7. The third-order valence-corrected chi connectivity index (χ3v) is 5.33. The molecule has 0 bridgehead atoms. The van der Waals surface area contributed by atoms with E-state index in [1.165, 1.54) is 89.9 Å². The van der Waals surface area contributed by atoms with Crippen molar-refractivity contribution in [3.63, 3.8) is 0 Å². The molecule has 0 saturated carbocycles. The molecular formula is C21H46NO2+. The molecule has 0 saturated heterocycles. The lowest BCUT2D eigenvalue weighted by atomic mass is 10.0. The number of unbranched alkanes of at least 4 members (excludes halogenated alkanes) is 13. The first kappa shape index (κ1) is 23.9. The van der Waals surface area contributed by atoms with Gasteiger partial charge >= 0.3 is 0 Å². The normalized spacial score (nSPS) is 12.0. The van der Waals surface area contributed by atoms with Gasteiger partial charge in [-0.2, -0.15) is 0 Å². The summed E-state index contributed by atoms with van der Waals surface area (Å²) in [5.74, 6) is 0. The number of quaternary nitrogens is 1. The molecule has 2 N–H and O–H groups in total. The molecule has 0 fully saturated rings. The number of likely N-dealkylation sites (N-methyl/N-ethyl adjacent to an activating group) is 1. The summed E-state index contributed by atoms with van der Waals surface area (Å²) in [6.07, 6.45) is 19.4. The molecule has 0 unspecified atom stereocenters. The highest BCUT2D eigenvalue weighted by atomic mass is 16.3. The van der Waals surface area contributed by atoms with E-state index in [0.29, 0.717) is 0 Å². The molecule has 0 aromatic rings. The van der Waals surface area contributed by atoms with Crippen LogP contribution in [-0.2, 0) is 0 Å². The number of aliphatic hydroxyl groups is 2. The van der Waals surface area contributed by atoms with Crippen LogP contribution in [0.25, 0.3) is 0 Å². The van der Waals surface area contributed by atoms with Gasteiger partial charge in [-0.05, 0) is 12.8 Å². The maximum absolute atomic E-state index is 9.15. The predicted octanol–water partition coefficient (Wildman–Crippen LogP) is 4.90. The first-order valence-corrected chi connectivity index (χ1v) is 10.7. The van der Waals surface area contributed by atoms with Gasteiger partial charge in [0.1, 0.15) is 13.1 Å². The van der Waals surface area contributed by atoms with Crippen molar-refractivity contribution in [2.45, 2.75) is 96.8 Å². The van der Waals surface area contributed by atoms with Gasteiger partial charge in [0.05, 0.1) is 26.8 Å². The Labute approximate surface area is 152 Å². The van der Waals surface area contributed by atoms with E-state index in [0.717, 1.165) is 24.1 Å². The van der Waals surface area contributed by atoms with Crippen molar-refractivity contribution in [2.75, 3.05) is 39.9 Å². The van der Waals surface area contributed by atoms with Crippen molar-refractivity contribution in [1.82, 2.24) is 0 Å². The van der Waals surface area contributed by atoms with E-state index in [-0.39, 0.29) is 13.2 Å². The maximum atomic E-state index is 9.15. The van der Waals surface area contributed by atoms with Gasteiger partial charge in [-0.15, -0.1) is 0 Å². The minimum Gasteiger partial charge on any atom is -0.391 e. The quantitative estimate of drug-likeness (QED) is 0.258. The summed E-state index contributed by atoms with van der Waals surface area (Å²) in [4.78, 5) is 0. The van der Waals surface area contributed by atoms with Gasteiger partial charge in [-0.25, -0.2) is 0 Å². The fraction of sp³-hybridized carbons (Fsp3) is 1.00. The minimum absolute atomic E-state index is 0.217. The van der Waals surface area contributed by atoms with Crippen LogP contribution in [0, 0.1) is 0 Å². The molecule has 0 aliphatic heterocycles. The second-order valence-corrected chi connectivity index (χ2v) is 7.83. The lowest BCUT2D eigenvalue weighted by molar-refractivity contribution is -0.910. The van der Waals surface area contributed by atoms with E-state index in [1.54, 1.807) is 0 Å². The van der Waals surface area contributed by atoms with E-state index in [2.05, 4.69) is 14.0 Å². The summed E-state index contributed by atoms with van der Waals surface area (Å²) in [6, 6.07) is 0. The molecule has 3 nitrogen and oxygen atoms in total. The van der Waals surface area contributed by atoms with Gasteiger partial charge in [0, 0.05) is 0 Å². The Morgan fingerprint density at radius 1 is 0.500 bits per heavy atom. The highest BCUT2D eigenvalue weighted by Gasteiger charge is 2.19. The second kappa shape index (κ2) is 17.7. The van der Waals surface area contributed by atoms with Gasteiger partial charge in [-0.1, -0.05) is 84.0 Å². The molecule has 0 aromatic carbocycles. The number of rotatable bonds is 19. The van der Waals surface area contributed by atoms with Gasteiger partial charge < -0.3 is 14.7 Å². The lowest BCUT2D eigenvalue weighted by Gasteiger charge is -2.33. The molecule has 0 spiro atoms. The summed E-state index contributed by atoms with van der Waals surface area (Å²) < 4.78 is 0.811. The van der Waals surface area contributed by atoms with E-state index < -0.39 is 0 Å². The lowest BCUT2D eigenvalue weighted by Crippen LogP contribution is -2.48. The zero-order valence-electron chi connectivity index (χ0n) is 16.8. The van der Waals surface area contributed by atoms with E-state index in [9.17, 15) is 0 Å². The molecule has 0 atom stereocenters. The summed E-state index contributed by atoms with van der Waals surface area (Å²) in [6.45, 7) is 5.32. The van der Waals surface area contributed by atoms with Crippen LogP contribution in [0.1, 0.15) is 96.8 Å². The highest BCUT2D eigenvalue weighted by molar-refractivity contribution is 4.50. The molecule has 0 aliphatic carbocycles.